The zero-order chi connectivity index (χ0) is 26.8. The average Bonchev–Trinajstić information content (AvgIpc) is 2.90. The summed E-state index contributed by atoms with van der Waals surface area (Å²) in [6.45, 7) is 3.86. The summed E-state index contributed by atoms with van der Waals surface area (Å²) >= 11 is 0. The summed E-state index contributed by atoms with van der Waals surface area (Å²) in [4.78, 5) is 13.6. The van der Waals surface area contributed by atoms with Crippen LogP contribution in [0, 0.1) is 6.92 Å². The van der Waals surface area contributed by atoms with Gasteiger partial charge in [0.2, 0.25) is 15.9 Å². The highest BCUT2D eigenvalue weighted by Crippen LogP contribution is 2.40. The summed E-state index contributed by atoms with van der Waals surface area (Å²) in [7, 11) is -3.44. The van der Waals surface area contributed by atoms with Crippen LogP contribution in [0.25, 0.3) is 22.0 Å². The van der Waals surface area contributed by atoms with E-state index in [1.807, 2.05) is 49.4 Å². The molecule has 0 spiro atoms. The smallest absolute Gasteiger partial charge is 0.246 e. The summed E-state index contributed by atoms with van der Waals surface area (Å²) in [6.07, 6.45) is 9.58. The lowest BCUT2D eigenvalue weighted by atomic mass is 10.0. The molecule has 1 atom stereocenters. The Balaban J connectivity index is 1.33. The Labute approximate surface area is 228 Å². The van der Waals surface area contributed by atoms with Crippen molar-refractivity contribution in [3.8, 4) is 22.9 Å². The second-order valence-corrected chi connectivity index (χ2v) is 12.2. The first-order valence-corrected chi connectivity index (χ1v) is 15.0. The zero-order valence-electron chi connectivity index (χ0n) is 21.9. The van der Waals surface area contributed by atoms with Crippen LogP contribution in [0.4, 0.5) is 11.5 Å². The van der Waals surface area contributed by atoms with Crippen LogP contribution in [0.3, 0.4) is 0 Å². The van der Waals surface area contributed by atoms with Gasteiger partial charge in [-0.2, -0.15) is 0 Å². The number of pyridine rings is 1. The number of aryl methyl sites for hydroxylation is 1. The topological polar surface area (TPSA) is 118 Å². The molecule has 0 bridgehead atoms. The Kier molecular flexibility index (Phi) is 7.05. The van der Waals surface area contributed by atoms with Gasteiger partial charge in [-0.15, -0.1) is 0 Å². The monoisotopic (exact) mass is 544 g/mol. The summed E-state index contributed by atoms with van der Waals surface area (Å²) in [5.74, 6) is 1.76. The fourth-order valence-corrected chi connectivity index (χ4v) is 6.76. The van der Waals surface area contributed by atoms with Crippen molar-refractivity contribution in [2.45, 2.75) is 50.3 Å². The lowest BCUT2D eigenvalue weighted by molar-refractivity contribution is 0.464. The summed E-state index contributed by atoms with van der Waals surface area (Å²) in [6, 6.07) is 13.7. The van der Waals surface area contributed by atoms with Crippen LogP contribution in [0.5, 0.6) is 11.6 Å². The van der Waals surface area contributed by atoms with Crippen molar-refractivity contribution in [1.29, 1.82) is 0 Å². The predicted octanol–water partition coefficient (Wildman–Crippen LogP) is 5.25. The van der Waals surface area contributed by atoms with E-state index in [4.69, 9.17) is 4.74 Å². The van der Waals surface area contributed by atoms with E-state index in [2.05, 4.69) is 30.3 Å². The van der Waals surface area contributed by atoms with Crippen molar-refractivity contribution in [3.05, 3.63) is 66.6 Å². The van der Waals surface area contributed by atoms with Crippen LogP contribution >= 0.6 is 0 Å². The van der Waals surface area contributed by atoms with Gasteiger partial charge in [0, 0.05) is 47.5 Å². The third-order valence-corrected chi connectivity index (χ3v) is 9.32. The Morgan fingerprint density at radius 1 is 0.949 bits per heavy atom. The second-order valence-electron chi connectivity index (χ2n) is 10.2. The molecule has 2 aromatic heterocycles. The number of nitrogens with one attached hydrogen (secondary N) is 3. The van der Waals surface area contributed by atoms with E-state index in [-0.39, 0.29) is 5.25 Å². The Morgan fingerprint density at radius 3 is 2.54 bits per heavy atom. The number of ether oxygens (including phenoxy) is 1. The molecule has 3 heterocycles. The van der Waals surface area contributed by atoms with E-state index in [0.717, 1.165) is 60.1 Å². The quantitative estimate of drug-likeness (QED) is 0.275. The third kappa shape index (κ3) is 5.39. The number of nitrogens with zero attached hydrogens (tertiary/aromatic N) is 3. The van der Waals surface area contributed by atoms with E-state index < -0.39 is 10.0 Å². The number of hydrogen-bond acceptors (Lipinski definition) is 8. The fraction of sp³-hybridized carbons (Fsp3) is 0.345. The number of benzene rings is 2. The summed E-state index contributed by atoms with van der Waals surface area (Å²) < 4.78 is 35.1. The second kappa shape index (κ2) is 10.8. The van der Waals surface area contributed by atoms with E-state index >= 15 is 0 Å². The molecule has 1 saturated heterocycles. The highest BCUT2D eigenvalue weighted by Gasteiger charge is 2.31. The molecule has 10 heteroatoms. The molecule has 39 heavy (non-hydrogen) atoms. The average molecular weight is 545 g/mol. The van der Waals surface area contributed by atoms with Gasteiger partial charge in [0.25, 0.3) is 0 Å². The van der Waals surface area contributed by atoms with Crippen LogP contribution in [-0.2, 0) is 10.0 Å². The van der Waals surface area contributed by atoms with Crippen LogP contribution < -0.4 is 20.1 Å². The van der Waals surface area contributed by atoms with Gasteiger partial charge >= 0.3 is 0 Å². The van der Waals surface area contributed by atoms with Crippen molar-refractivity contribution >= 4 is 32.3 Å². The first kappa shape index (κ1) is 25.5. The minimum absolute atomic E-state index is 0.327. The van der Waals surface area contributed by atoms with E-state index in [1.54, 1.807) is 18.6 Å². The maximum Gasteiger partial charge on any atom is 0.246 e. The molecule has 3 N–H and O–H groups in total. The maximum absolute atomic E-state index is 12.9. The van der Waals surface area contributed by atoms with Gasteiger partial charge in [-0.25, -0.2) is 23.4 Å². The van der Waals surface area contributed by atoms with E-state index in [9.17, 15) is 8.42 Å². The fourth-order valence-electron chi connectivity index (χ4n) is 5.16. The summed E-state index contributed by atoms with van der Waals surface area (Å²) in [5.41, 5.74) is 2.79. The first-order valence-electron chi connectivity index (χ1n) is 13.4. The molecule has 4 aromatic rings. The van der Waals surface area contributed by atoms with Crippen LogP contribution in [-0.4, -0.2) is 47.8 Å². The molecule has 1 aliphatic heterocycles. The number of hydrogen-bond donors (Lipinski definition) is 3. The molecule has 0 unspecified atom stereocenters. The standard InChI is InChI=1S/C29H32N6O3S/c1-19-16-25(35-39(36,37)22-7-4-8-22)23-9-2-3-10-24(23)28(19)38-29-27(32-14-15-33-29)20-11-13-31-26(17-20)34-21-6-5-12-30-18-21/h2-3,9-11,13-17,21-22,30,35H,4-8,12,18H2,1H3,(H,31,34)/t21-/m0/s1. The minimum atomic E-state index is -3.44. The number of aromatic nitrogens is 3. The number of sulfonamides is 1. The third-order valence-electron chi connectivity index (χ3n) is 7.47. The SMILES string of the molecule is Cc1cc(NS(=O)(=O)C2CCC2)c2ccccc2c1Oc1nccnc1-c1ccnc(N[C@H]2CCCNC2)c1. The van der Waals surface area contributed by atoms with Gasteiger partial charge in [0.05, 0.1) is 10.9 Å². The van der Waals surface area contributed by atoms with Gasteiger partial charge < -0.3 is 15.4 Å². The number of piperidine rings is 1. The highest BCUT2D eigenvalue weighted by molar-refractivity contribution is 7.93. The molecule has 0 amide bonds. The molecule has 1 saturated carbocycles. The Bertz CT molecular complexity index is 1600. The van der Waals surface area contributed by atoms with Gasteiger partial charge in [-0.05, 0) is 62.9 Å². The summed E-state index contributed by atoms with van der Waals surface area (Å²) in [5, 5.41) is 8.16. The van der Waals surface area contributed by atoms with Gasteiger partial charge in [-0.1, -0.05) is 30.7 Å². The van der Waals surface area contributed by atoms with Gasteiger partial charge in [0.15, 0.2) is 0 Å². The number of anilines is 2. The molecule has 2 aliphatic rings. The maximum atomic E-state index is 12.9. The Morgan fingerprint density at radius 2 is 1.77 bits per heavy atom. The molecular weight excluding hydrogens is 512 g/mol. The molecular formula is C29H32N6O3S. The molecule has 1 aliphatic carbocycles. The highest BCUT2D eigenvalue weighted by atomic mass is 32.2. The number of fused-ring (bicyclic) bond motifs is 1. The molecule has 2 aromatic carbocycles. The minimum Gasteiger partial charge on any atom is -0.436 e. The largest absolute Gasteiger partial charge is 0.436 e. The van der Waals surface area contributed by atoms with Crippen LogP contribution in [0.15, 0.2) is 61.1 Å². The first-order chi connectivity index (χ1) is 19.0. The molecule has 202 valence electrons. The zero-order valence-corrected chi connectivity index (χ0v) is 22.7. The van der Waals surface area contributed by atoms with Gasteiger partial charge in [0.1, 0.15) is 17.3 Å². The van der Waals surface area contributed by atoms with Crippen molar-refractivity contribution in [2.24, 2.45) is 0 Å². The van der Waals surface area contributed by atoms with E-state index in [0.29, 0.717) is 41.9 Å². The lowest BCUT2D eigenvalue weighted by Gasteiger charge is -2.26. The van der Waals surface area contributed by atoms with Crippen molar-refractivity contribution < 1.29 is 13.2 Å². The normalized spacial score (nSPS) is 17.9. The van der Waals surface area contributed by atoms with Crippen LogP contribution in [0.2, 0.25) is 0 Å². The van der Waals surface area contributed by atoms with Crippen molar-refractivity contribution in [1.82, 2.24) is 20.3 Å². The van der Waals surface area contributed by atoms with Gasteiger partial charge in [-0.3, -0.25) is 4.72 Å². The predicted molar refractivity (Wildman–Crippen MR) is 154 cm³/mol. The number of rotatable bonds is 8. The lowest BCUT2D eigenvalue weighted by Crippen LogP contribution is -2.38. The molecule has 0 radical (unpaired) electrons. The van der Waals surface area contributed by atoms with Crippen LogP contribution in [0.1, 0.15) is 37.7 Å². The molecule has 9 nitrogen and oxygen atoms in total. The molecule has 2 fully saturated rings. The van der Waals surface area contributed by atoms with Crippen molar-refractivity contribution in [3.63, 3.8) is 0 Å². The Hall–Kier alpha value is -3.76. The van der Waals surface area contributed by atoms with Crippen molar-refractivity contribution in [2.75, 3.05) is 23.1 Å². The molecule has 6 rings (SSSR count). The van der Waals surface area contributed by atoms with E-state index in [1.165, 1.54) is 0 Å².